The van der Waals surface area contributed by atoms with Gasteiger partial charge in [0.1, 0.15) is 13.2 Å². The molecule has 0 aromatic rings. The van der Waals surface area contributed by atoms with Gasteiger partial charge in [-0.05, 0) is 25.2 Å². The van der Waals surface area contributed by atoms with Crippen molar-refractivity contribution in [2.75, 3.05) is 13.2 Å². The molecule has 54 heavy (non-hydrogen) atoms. The normalized spacial score (nSPS) is 12.4. The molecule has 0 aliphatic carbocycles. The maximum absolute atomic E-state index is 12.6. The number of ether oxygens (including phenoxy) is 3. The summed E-state index contributed by atoms with van der Waals surface area (Å²) in [4.78, 5) is 37.4. The summed E-state index contributed by atoms with van der Waals surface area (Å²) in [7, 11) is 0. The monoisotopic (exact) mass is 765 g/mol. The van der Waals surface area contributed by atoms with Gasteiger partial charge in [0.15, 0.2) is 6.10 Å². The third kappa shape index (κ3) is 40.1. The topological polar surface area (TPSA) is 78.9 Å². The summed E-state index contributed by atoms with van der Waals surface area (Å²) in [6.45, 7) is 8.98. The van der Waals surface area contributed by atoms with Gasteiger partial charge in [-0.2, -0.15) is 0 Å². The predicted octanol–water partition coefficient (Wildman–Crippen LogP) is 15.1. The second-order valence-electron chi connectivity index (χ2n) is 16.6. The van der Waals surface area contributed by atoms with Crippen LogP contribution in [0.2, 0.25) is 0 Å². The molecule has 0 aromatic heterocycles. The minimum absolute atomic E-state index is 0.0644. The molecule has 0 saturated heterocycles. The van der Waals surface area contributed by atoms with Gasteiger partial charge in [0.05, 0.1) is 0 Å². The number of hydrogen-bond acceptors (Lipinski definition) is 6. The molecule has 1 unspecified atom stereocenters. The van der Waals surface area contributed by atoms with Gasteiger partial charge in [-0.15, -0.1) is 0 Å². The van der Waals surface area contributed by atoms with Crippen molar-refractivity contribution < 1.29 is 28.6 Å². The van der Waals surface area contributed by atoms with Gasteiger partial charge in [-0.1, -0.05) is 227 Å². The zero-order valence-corrected chi connectivity index (χ0v) is 36.7. The highest BCUT2D eigenvalue weighted by molar-refractivity contribution is 5.71. The summed E-state index contributed by atoms with van der Waals surface area (Å²) in [6, 6.07) is 0. The molecule has 0 aliphatic heterocycles. The molecule has 0 spiro atoms. The largest absolute Gasteiger partial charge is 0.462 e. The van der Waals surface area contributed by atoms with Crippen LogP contribution in [0.3, 0.4) is 0 Å². The number of esters is 3. The Kier molecular flexibility index (Phi) is 41.3. The molecular weight excluding hydrogens is 673 g/mol. The first-order chi connectivity index (χ1) is 26.4. The first kappa shape index (κ1) is 52.4. The zero-order valence-electron chi connectivity index (χ0n) is 36.7. The van der Waals surface area contributed by atoms with E-state index in [1.165, 1.54) is 161 Å². The van der Waals surface area contributed by atoms with Crippen LogP contribution >= 0.6 is 0 Å². The quantitative estimate of drug-likeness (QED) is 0.0349. The lowest BCUT2D eigenvalue weighted by molar-refractivity contribution is -0.167. The number of hydrogen-bond donors (Lipinski definition) is 0. The van der Waals surface area contributed by atoms with E-state index < -0.39 is 6.10 Å². The van der Waals surface area contributed by atoms with Crippen molar-refractivity contribution in [1.82, 2.24) is 0 Å². The maximum atomic E-state index is 12.6. The predicted molar refractivity (Wildman–Crippen MR) is 229 cm³/mol. The van der Waals surface area contributed by atoms with Crippen LogP contribution in [-0.2, 0) is 28.6 Å². The molecule has 0 N–H and O–H groups in total. The van der Waals surface area contributed by atoms with Crippen molar-refractivity contribution in [1.29, 1.82) is 0 Å². The van der Waals surface area contributed by atoms with E-state index in [0.717, 1.165) is 63.7 Å². The molecule has 2 atom stereocenters. The molecule has 6 nitrogen and oxygen atoms in total. The third-order valence-corrected chi connectivity index (χ3v) is 11.2. The Balaban J connectivity index is 4.01. The Morgan fingerprint density at radius 3 is 0.963 bits per heavy atom. The Labute approximate surface area is 336 Å². The van der Waals surface area contributed by atoms with Crippen LogP contribution in [0.25, 0.3) is 0 Å². The molecule has 0 heterocycles. The second-order valence-corrected chi connectivity index (χ2v) is 16.6. The van der Waals surface area contributed by atoms with E-state index in [2.05, 4.69) is 27.7 Å². The van der Waals surface area contributed by atoms with Gasteiger partial charge in [0.2, 0.25) is 0 Å². The standard InChI is InChI=1S/C48H92O6/c1-5-8-10-12-26-31-35-39-46(49)52-42-45(54-48(51)41-37-33-27-13-11-9-6-2)43-53-47(50)40-36-32-29-25-23-21-19-17-15-14-16-18-20-22-24-28-30-34-38-44(4)7-3/h44-45H,5-43H2,1-4H3/t44?,45-/m1/s1. The summed E-state index contributed by atoms with van der Waals surface area (Å²) >= 11 is 0. The van der Waals surface area contributed by atoms with Crippen LogP contribution < -0.4 is 0 Å². The van der Waals surface area contributed by atoms with E-state index in [1.807, 2.05) is 0 Å². The second kappa shape index (κ2) is 42.6. The molecule has 0 amide bonds. The first-order valence-electron chi connectivity index (χ1n) is 23.9. The average Bonchev–Trinajstić information content (AvgIpc) is 3.17. The van der Waals surface area contributed by atoms with Crippen LogP contribution in [0, 0.1) is 5.92 Å². The van der Waals surface area contributed by atoms with Gasteiger partial charge in [0.25, 0.3) is 0 Å². The summed E-state index contributed by atoms with van der Waals surface area (Å²) in [5, 5.41) is 0. The molecule has 6 heteroatoms. The minimum Gasteiger partial charge on any atom is -0.462 e. The lowest BCUT2D eigenvalue weighted by Crippen LogP contribution is -2.30. The fourth-order valence-electron chi connectivity index (χ4n) is 7.12. The van der Waals surface area contributed by atoms with Crippen LogP contribution in [0.4, 0.5) is 0 Å². The molecule has 0 bridgehead atoms. The lowest BCUT2D eigenvalue weighted by atomic mass is 9.99. The van der Waals surface area contributed by atoms with Gasteiger partial charge in [-0.25, -0.2) is 0 Å². The van der Waals surface area contributed by atoms with E-state index in [0.29, 0.717) is 19.3 Å². The minimum atomic E-state index is -0.757. The maximum Gasteiger partial charge on any atom is 0.306 e. The van der Waals surface area contributed by atoms with E-state index in [1.54, 1.807) is 0 Å². The Morgan fingerprint density at radius 2 is 0.648 bits per heavy atom. The van der Waals surface area contributed by atoms with E-state index in [4.69, 9.17) is 14.2 Å². The van der Waals surface area contributed by atoms with E-state index >= 15 is 0 Å². The Bertz CT molecular complexity index is 813. The molecule has 0 aliphatic rings. The fourth-order valence-corrected chi connectivity index (χ4v) is 7.12. The summed E-state index contributed by atoms with van der Waals surface area (Å²) < 4.78 is 16.6. The van der Waals surface area contributed by atoms with Crippen LogP contribution in [0.15, 0.2) is 0 Å². The number of carbonyl (C=O) groups excluding carboxylic acids is 3. The number of carbonyl (C=O) groups is 3. The van der Waals surface area contributed by atoms with Gasteiger partial charge >= 0.3 is 17.9 Å². The van der Waals surface area contributed by atoms with Crippen molar-refractivity contribution in [3.05, 3.63) is 0 Å². The highest BCUT2D eigenvalue weighted by atomic mass is 16.6. The molecule has 0 aromatic carbocycles. The Hall–Kier alpha value is -1.59. The SMILES string of the molecule is CCCCCCCCCC(=O)OC[C@H](COC(=O)CCCCCCCCCCCCCCCCCCCCC(C)CC)OC(=O)CCCCCCCCC. The summed E-state index contributed by atoms with van der Waals surface area (Å²) in [5.74, 6) is 0.0441. The van der Waals surface area contributed by atoms with Crippen LogP contribution in [-0.4, -0.2) is 37.2 Å². The first-order valence-corrected chi connectivity index (χ1v) is 23.9. The lowest BCUT2D eigenvalue weighted by Gasteiger charge is -2.18. The van der Waals surface area contributed by atoms with Crippen molar-refractivity contribution in [2.24, 2.45) is 5.92 Å². The average molecular weight is 765 g/mol. The summed E-state index contributed by atoms with van der Waals surface area (Å²) in [6.07, 6.45) is 42.6. The van der Waals surface area contributed by atoms with Crippen LogP contribution in [0.5, 0.6) is 0 Å². The molecule has 320 valence electrons. The number of unbranched alkanes of at least 4 members (excludes halogenated alkanes) is 29. The van der Waals surface area contributed by atoms with Gasteiger partial charge in [0, 0.05) is 19.3 Å². The molecule has 0 saturated carbocycles. The fraction of sp³-hybridized carbons (Fsp3) is 0.938. The van der Waals surface area contributed by atoms with Gasteiger partial charge in [-0.3, -0.25) is 14.4 Å². The van der Waals surface area contributed by atoms with E-state index in [-0.39, 0.29) is 31.1 Å². The smallest absolute Gasteiger partial charge is 0.306 e. The van der Waals surface area contributed by atoms with Crippen molar-refractivity contribution in [3.8, 4) is 0 Å². The molecular formula is C48H92O6. The van der Waals surface area contributed by atoms with Crippen LogP contribution in [0.1, 0.15) is 265 Å². The molecule has 0 radical (unpaired) electrons. The van der Waals surface area contributed by atoms with Crippen molar-refractivity contribution in [2.45, 2.75) is 271 Å². The highest BCUT2D eigenvalue weighted by Gasteiger charge is 2.19. The summed E-state index contributed by atoms with van der Waals surface area (Å²) in [5.41, 5.74) is 0. The molecule has 0 rings (SSSR count). The Morgan fingerprint density at radius 1 is 0.370 bits per heavy atom. The van der Waals surface area contributed by atoms with Gasteiger partial charge < -0.3 is 14.2 Å². The van der Waals surface area contributed by atoms with Crippen molar-refractivity contribution >= 4 is 17.9 Å². The third-order valence-electron chi connectivity index (χ3n) is 11.2. The van der Waals surface area contributed by atoms with Crippen molar-refractivity contribution in [3.63, 3.8) is 0 Å². The number of rotatable bonds is 43. The van der Waals surface area contributed by atoms with E-state index in [9.17, 15) is 14.4 Å². The highest BCUT2D eigenvalue weighted by Crippen LogP contribution is 2.17. The zero-order chi connectivity index (χ0) is 39.6. The molecule has 0 fully saturated rings.